The Kier molecular flexibility index (Phi) is 3.14. The molecule has 2 aliphatic rings. The standard InChI is InChI=1S/C11H17NO4/c1-7-4-5-9(16-7)10(13)12-6-2-3-8(12)11(14)15/h7-9H,2-6H2,1H3,(H,14,15)/t7-,8-,9-/m1/s1. The van der Waals surface area contributed by atoms with E-state index in [1.807, 2.05) is 6.92 Å². The molecule has 0 bridgehead atoms. The summed E-state index contributed by atoms with van der Waals surface area (Å²) in [6.45, 7) is 2.48. The lowest BCUT2D eigenvalue weighted by atomic mass is 10.1. The van der Waals surface area contributed by atoms with Crippen LogP contribution < -0.4 is 0 Å². The molecule has 2 heterocycles. The summed E-state index contributed by atoms with van der Waals surface area (Å²) in [6.07, 6.45) is 2.61. The van der Waals surface area contributed by atoms with E-state index in [4.69, 9.17) is 9.84 Å². The lowest BCUT2D eigenvalue weighted by Gasteiger charge is -2.24. The van der Waals surface area contributed by atoms with E-state index in [9.17, 15) is 9.59 Å². The highest BCUT2D eigenvalue weighted by Crippen LogP contribution is 2.25. The number of likely N-dealkylation sites (tertiary alicyclic amines) is 1. The number of hydrogen-bond acceptors (Lipinski definition) is 3. The van der Waals surface area contributed by atoms with Crippen molar-refractivity contribution in [2.45, 2.75) is 50.9 Å². The van der Waals surface area contributed by atoms with Crippen molar-refractivity contribution in [3.8, 4) is 0 Å². The highest BCUT2D eigenvalue weighted by molar-refractivity contribution is 5.87. The molecule has 90 valence electrons. The second-order valence-corrected chi connectivity index (χ2v) is 4.54. The first kappa shape index (κ1) is 11.4. The van der Waals surface area contributed by atoms with Gasteiger partial charge in [-0.25, -0.2) is 4.79 Å². The molecule has 0 aliphatic carbocycles. The summed E-state index contributed by atoms with van der Waals surface area (Å²) >= 11 is 0. The van der Waals surface area contributed by atoms with E-state index in [2.05, 4.69) is 0 Å². The minimum Gasteiger partial charge on any atom is -0.480 e. The van der Waals surface area contributed by atoms with Gasteiger partial charge in [-0.3, -0.25) is 4.79 Å². The van der Waals surface area contributed by atoms with Crippen LogP contribution in [0.1, 0.15) is 32.6 Å². The van der Waals surface area contributed by atoms with Gasteiger partial charge in [0.2, 0.25) is 0 Å². The zero-order valence-electron chi connectivity index (χ0n) is 9.39. The van der Waals surface area contributed by atoms with Crippen molar-refractivity contribution in [1.82, 2.24) is 4.90 Å². The Labute approximate surface area is 94.4 Å². The molecule has 0 radical (unpaired) electrons. The summed E-state index contributed by atoms with van der Waals surface area (Å²) in [4.78, 5) is 24.5. The van der Waals surface area contributed by atoms with Crippen LogP contribution in [0.3, 0.4) is 0 Å². The quantitative estimate of drug-likeness (QED) is 0.751. The number of carboxylic acids is 1. The molecule has 0 unspecified atom stereocenters. The van der Waals surface area contributed by atoms with Crippen molar-refractivity contribution >= 4 is 11.9 Å². The second kappa shape index (κ2) is 4.41. The van der Waals surface area contributed by atoms with Gasteiger partial charge in [0.1, 0.15) is 12.1 Å². The molecular formula is C11H17NO4. The van der Waals surface area contributed by atoms with Crippen molar-refractivity contribution < 1.29 is 19.4 Å². The van der Waals surface area contributed by atoms with Gasteiger partial charge >= 0.3 is 5.97 Å². The highest BCUT2D eigenvalue weighted by atomic mass is 16.5. The topological polar surface area (TPSA) is 66.8 Å². The first-order valence-corrected chi connectivity index (χ1v) is 5.78. The van der Waals surface area contributed by atoms with Crippen LogP contribution in [0.5, 0.6) is 0 Å². The van der Waals surface area contributed by atoms with Gasteiger partial charge < -0.3 is 14.7 Å². The van der Waals surface area contributed by atoms with E-state index >= 15 is 0 Å². The molecule has 2 aliphatic heterocycles. The Balaban J connectivity index is 2.01. The van der Waals surface area contributed by atoms with Gasteiger partial charge in [0, 0.05) is 6.54 Å². The van der Waals surface area contributed by atoms with Crippen LogP contribution in [0, 0.1) is 0 Å². The highest BCUT2D eigenvalue weighted by Gasteiger charge is 2.39. The largest absolute Gasteiger partial charge is 0.480 e. The number of nitrogens with zero attached hydrogens (tertiary/aromatic N) is 1. The number of amides is 1. The van der Waals surface area contributed by atoms with Crippen molar-refractivity contribution in [2.75, 3.05) is 6.54 Å². The van der Waals surface area contributed by atoms with E-state index in [1.54, 1.807) is 0 Å². The molecule has 16 heavy (non-hydrogen) atoms. The second-order valence-electron chi connectivity index (χ2n) is 4.54. The fraction of sp³-hybridized carbons (Fsp3) is 0.818. The van der Waals surface area contributed by atoms with Gasteiger partial charge in [0.25, 0.3) is 5.91 Å². The summed E-state index contributed by atoms with van der Waals surface area (Å²) in [7, 11) is 0. The van der Waals surface area contributed by atoms with Crippen molar-refractivity contribution in [2.24, 2.45) is 0 Å². The molecule has 2 fully saturated rings. The third-order valence-electron chi connectivity index (χ3n) is 3.33. The summed E-state index contributed by atoms with van der Waals surface area (Å²) in [5.74, 6) is -1.05. The molecular weight excluding hydrogens is 210 g/mol. The minimum atomic E-state index is -0.906. The van der Waals surface area contributed by atoms with Crippen LogP contribution in [0.4, 0.5) is 0 Å². The molecule has 0 saturated carbocycles. The fourth-order valence-electron chi connectivity index (χ4n) is 2.46. The first-order chi connectivity index (χ1) is 7.59. The molecule has 0 spiro atoms. The molecule has 1 amide bonds. The predicted molar refractivity (Wildman–Crippen MR) is 55.9 cm³/mol. The van der Waals surface area contributed by atoms with Crippen LogP contribution in [0.15, 0.2) is 0 Å². The molecule has 0 aromatic heterocycles. The molecule has 2 rings (SSSR count). The van der Waals surface area contributed by atoms with E-state index in [1.165, 1.54) is 4.90 Å². The van der Waals surface area contributed by atoms with Gasteiger partial charge in [-0.1, -0.05) is 0 Å². The van der Waals surface area contributed by atoms with Gasteiger partial charge in [-0.2, -0.15) is 0 Å². The van der Waals surface area contributed by atoms with E-state index in [0.29, 0.717) is 19.4 Å². The molecule has 2 saturated heterocycles. The Morgan fingerprint density at radius 2 is 2.06 bits per heavy atom. The maximum absolute atomic E-state index is 12.0. The fourth-order valence-corrected chi connectivity index (χ4v) is 2.46. The normalized spacial score (nSPS) is 34.3. The van der Waals surface area contributed by atoms with E-state index < -0.39 is 18.1 Å². The molecule has 3 atom stereocenters. The van der Waals surface area contributed by atoms with Crippen LogP contribution >= 0.6 is 0 Å². The van der Waals surface area contributed by atoms with Crippen LogP contribution in [-0.2, 0) is 14.3 Å². The van der Waals surface area contributed by atoms with Crippen LogP contribution in [-0.4, -0.2) is 46.7 Å². The average molecular weight is 227 g/mol. The molecule has 5 nitrogen and oxygen atoms in total. The average Bonchev–Trinajstić information content (AvgIpc) is 2.84. The first-order valence-electron chi connectivity index (χ1n) is 5.78. The number of carboxylic acid groups (broad SMARTS) is 1. The molecule has 0 aromatic carbocycles. The summed E-state index contributed by atoms with van der Waals surface area (Å²) in [5.41, 5.74) is 0. The minimum absolute atomic E-state index is 0.111. The summed E-state index contributed by atoms with van der Waals surface area (Å²) in [5, 5.41) is 8.99. The third-order valence-corrected chi connectivity index (χ3v) is 3.33. The van der Waals surface area contributed by atoms with Crippen LogP contribution in [0.2, 0.25) is 0 Å². The Morgan fingerprint density at radius 1 is 1.31 bits per heavy atom. The Morgan fingerprint density at radius 3 is 2.62 bits per heavy atom. The number of aliphatic carboxylic acids is 1. The molecule has 5 heteroatoms. The zero-order chi connectivity index (χ0) is 11.7. The van der Waals surface area contributed by atoms with E-state index in [-0.39, 0.29) is 12.0 Å². The van der Waals surface area contributed by atoms with Gasteiger partial charge in [0.15, 0.2) is 0 Å². The number of rotatable bonds is 2. The smallest absolute Gasteiger partial charge is 0.326 e. The Hall–Kier alpha value is -1.10. The zero-order valence-corrected chi connectivity index (χ0v) is 9.39. The number of ether oxygens (including phenoxy) is 1. The van der Waals surface area contributed by atoms with E-state index in [0.717, 1.165) is 12.8 Å². The monoisotopic (exact) mass is 227 g/mol. The predicted octanol–water partition coefficient (Wildman–Crippen LogP) is 0.629. The maximum atomic E-state index is 12.0. The van der Waals surface area contributed by atoms with Gasteiger partial charge in [0.05, 0.1) is 6.10 Å². The molecule has 1 N–H and O–H groups in total. The lowest BCUT2D eigenvalue weighted by molar-refractivity contribution is -0.153. The maximum Gasteiger partial charge on any atom is 0.326 e. The summed E-state index contributed by atoms with van der Waals surface area (Å²) < 4.78 is 5.48. The van der Waals surface area contributed by atoms with Gasteiger partial charge in [-0.05, 0) is 32.6 Å². The number of carbonyl (C=O) groups excluding carboxylic acids is 1. The SMILES string of the molecule is C[C@@H]1CC[C@H](C(=O)N2CCC[C@@H]2C(=O)O)O1. The van der Waals surface area contributed by atoms with Crippen molar-refractivity contribution in [1.29, 1.82) is 0 Å². The van der Waals surface area contributed by atoms with Crippen LogP contribution in [0.25, 0.3) is 0 Å². The molecule has 0 aromatic rings. The third kappa shape index (κ3) is 2.04. The Bertz CT molecular complexity index is 304. The lowest BCUT2D eigenvalue weighted by Crippen LogP contribution is -2.45. The van der Waals surface area contributed by atoms with Crippen molar-refractivity contribution in [3.05, 3.63) is 0 Å². The van der Waals surface area contributed by atoms with Crippen molar-refractivity contribution in [3.63, 3.8) is 0 Å². The number of hydrogen-bond donors (Lipinski definition) is 1. The summed E-state index contributed by atoms with van der Waals surface area (Å²) in [6, 6.07) is -0.646. The number of carbonyl (C=O) groups is 2. The van der Waals surface area contributed by atoms with Gasteiger partial charge in [-0.15, -0.1) is 0 Å².